The molecule has 1 N–H and O–H groups in total. The predicted molar refractivity (Wildman–Crippen MR) is 117 cm³/mol. The summed E-state index contributed by atoms with van der Waals surface area (Å²) in [6.07, 6.45) is 3.12. The van der Waals surface area contributed by atoms with Gasteiger partial charge in [-0.2, -0.15) is 0 Å². The number of aryl methyl sites for hydroxylation is 2. The minimum Gasteiger partial charge on any atom is -0.348 e. The Morgan fingerprint density at radius 1 is 1.13 bits per heavy atom. The summed E-state index contributed by atoms with van der Waals surface area (Å²) >= 11 is 5.99. The van der Waals surface area contributed by atoms with Gasteiger partial charge in [-0.3, -0.25) is 14.2 Å². The van der Waals surface area contributed by atoms with Crippen LogP contribution in [0.15, 0.2) is 40.2 Å². The highest BCUT2D eigenvalue weighted by atomic mass is 35.5. The second kappa shape index (κ2) is 8.87. The standard InChI is InChI=1S/C21H26ClN5O3/c1-13(2)5-10-16(14-6-8-15(22)9-7-14)24-17(28)11-27-20(29)18-19(23-12-25(18)3)26(4)21(27)30/h6-9,12-13,16H,5,10-11H2,1-4H3,(H,24,28)/t16-/m0/s1. The zero-order chi connectivity index (χ0) is 22.0. The molecule has 0 saturated carbocycles. The SMILES string of the molecule is CC(C)CC[C@H](NC(=O)Cn1c(=O)c2c(ncn2C)n(C)c1=O)c1ccc(Cl)cc1. The van der Waals surface area contributed by atoms with Crippen LogP contribution in [-0.2, 0) is 25.4 Å². The Morgan fingerprint density at radius 3 is 2.43 bits per heavy atom. The number of benzene rings is 1. The van der Waals surface area contributed by atoms with Crippen molar-refractivity contribution in [2.75, 3.05) is 0 Å². The molecule has 1 amide bonds. The van der Waals surface area contributed by atoms with Gasteiger partial charge in [-0.25, -0.2) is 14.3 Å². The van der Waals surface area contributed by atoms with Gasteiger partial charge >= 0.3 is 5.69 Å². The zero-order valence-corrected chi connectivity index (χ0v) is 18.3. The van der Waals surface area contributed by atoms with Crippen LogP contribution in [-0.4, -0.2) is 24.6 Å². The first kappa shape index (κ1) is 21.8. The summed E-state index contributed by atoms with van der Waals surface area (Å²) in [6, 6.07) is 7.07. The van der Waals surface area contributed by atoms with Crippen LogP contribution in [0.2, 0.25) is 5.02 Å². The Hall–Kier alpha value is -2.87. The quantitative estimate of drug-likeness (QED) is 0.621. The average Bonchev–Trinajstić information content (AvgIpc) is 3.09. The molecule has 0 aliphatic heterocycles. The summed E-state index contributed by atoms with van der Waals surface area (Å²) in [5.41, 5.74) is 0.384. The highest BCUT2D eigenvalue weighted by Gasteiger charge is 2.20. The molecule has 0 fully saturated rings. The first-order valence-electron chi connectivity index (χ1n) is 9.84. The van der Waals surface area contributed by atoms with Crippen LogP contribution in [0.5, 0.6) is 0 Å². The van der Waals surface area contributed by atoms with Gasteiger partial charge in [0.1, 0.15) is 6.54 Å². The van der Waals surface area contributed by atoms with E-state index in [1.54, 1.807) is 23.7 Å². The maximum absolute atomic E-state index is 12.8. The second-order valence-electron chi connectivity index (χ2n) is 7.90. The number of nitrogens with zero attached hydrogens (tertiary/aromatic N) is 4. The van der Waals surface area contributed by atoms with E-state index in [2.05, 4.69) is 24.1 Å². The van der Waals surface area contributed by atoms with E-state index in [1.807, 2.05) is 12.1 Å². The normalized spacial score (nSPS) is 12.5. The molecule has 30 heavy (non-hydrogen) atoms. The van der Waals surface area contributed by atoms with Gasteiger partial charge in [0.15, 0.2) is 11.2 Å². The van der Waals surface area contributed by atoms with Crippen molar-refractivity contribution >= 4 is 28.7 Å². The van der Waals surface area contributed by atoms with Crippen LogP contribution in [0.25, 0.3) is 11.2 Å². The molecule has 2 heterocycles. The van der Waals surface area contributed by atoms with Crippen molar-refractivity contribution in [2.45, 2.75) is 39.3 Å². The number of fused-ring (bicyclic) bond motifs is 1. The van der Waals surface area contributed by atoms with Crippen LogP contribution in [0, 0.1) is 5.92 Å². The summed E-state index contributed by atoms with van der Waals surface area (Å²) in [5.74, 6) is 0.0679. The van der Waals surface area contributed by atoms with Crippen molar-refractivity contribution < 1.29 is 4.79 Å². The maximum Gasteiger partial charge on any atom is 0.332 e. The molecule has 8 nitrogen and oxygen atoms in total. The summed E-state index contributed by atoms with van der Waals surface area (Å²) in [7, 11) is 3.21. The molecule has 160 valence electrons. The number of amides is 1. The van der Waals surface area contributed by atoms with Gasteiger partial charge in [-0.05, 0) is 36.5 Å². The third-order valence-electron chi connectivity index (χ3n) is 5.14. The zero-order valence-electron chi connectivity index (χ0n) is 17.6. The third kappa shape index (κ3) is 4.48. The summed E-state index contributed by atoms with van der Waals surface area (Å²) < 4.78 is 3.77. The average molecular weight is 432 g/mol. The largest absolute Gasteiger partial charge is 0.348 e. The molecule has 0 aliphatic rings. The lowest BCUT2D eigenvalue weighted by atomic mass is 9.97. The molecule has 0 spiro atoms. The van der Waals surface area contributed by atoms with E-state index in [0.29, 0.717) is 16.6 Å². The van der Waals surface area contributed by atoms with Gasteiger partial charge < -0.3 is 9.88 Å². The number of hydrogen-bond donors (Lipinski definition) is 1. The maximum atomic E-state index is 12.8. The molecule has 0 saturated heterocycles. The molecule has 3 aromatic rings. The molecule has 0 radical (unpaired) electrons. The van der Waals surface area contributed by atoms with Crippen LogP contribution in [0.1, 0.15) is 38.3 Å². The molecule has 9 heteroatoms. The first-order chi connectivity index (χ1) is 14.2. The van der Waals surface area contributed by atoms with E-state index >= 15 is 0 Å². The van der Waals surface area contributed by atoms with Crippen LogP contribution >= 0.6 is 11.6 Å². The van der Waals surface area contributed by atoms with Gasteiger partial charge in [0.2, 0.25) is 5.91 Å². The fourth-order valence-corrected chi connectivity index (χ4v) is 3.56. The van der Waals surface area contributed by atoms with Crippen molar-refractivity contribution in [3.05, 3.63) is 62.0 Å². The van der Waals surface area contributed by atoms with Crippen molar-refractivity contribution in [1.82, 2.24) is 24.0 Å². The molecule has 2 aromatic heterocycles. The summed E-state index contributed by atoms with van der Waals surface area (Å²) in [6.45, 7) is 3.87. The molecule has 1 atom stereocenters. The molecule has 1 aromatic carbocycles. The number of carbonyl (C=O) groups excluding carboxylic acids is 1. The lowest BCUT2D eigenvalue weighted by molar-refractivity contribution is -0.122. The molecular weight excluding hydrogens is 406 g/mol. The fraction of sp³-hybridized carbons (Fsp3) is 0.429. The summed E-state index contributed by atoms with van der Waals surface area (Å²) in [5, 5.41) is 3.59. The van der Waals surface area contributed by atoms with Crippen molar-refractivity contribution in [3.63, 3.8) is 0 Å². The van der Waals surface area contributed by atoms with Gasteiger partial charge in [0, 0.05) is 19.1 Å². The van der Waals surface area contributed by atoms with Crippen LogP contribution in [0.4, 0.5) is 0 Å². The topological polar surface area (TPSA) is 90.9 Å². The van der Waals surface area contributed by atoms with Gasteiger partial charge in [-0.15, -0.1) is 0 Å². The van der Waals surface area contributed by atoms with Gasteiger partial charge in [0.05, 0.1) is 12.4 Å². The minimum atomic E-state index is -0.577. The van der Waals surface area contributed by atoms with Crippen molar-refractivity contribution in [3.8, 4) is 0 Å². The number of halogens is 1. The van der Waals surface area contributed by atoms with E-state index < -0.39 is 17.2 Å². The fourth-order valence-electron chi connectivity index (χ4n) is 3.44. The highest BCUT2D eigenvalue weighted by Crippen LogP contribution is 2.22. The molecule has 0 aliphatic carbocycles. The number of imidazole rings is 1. The van der Waals surface area contributed by atoms with Crippen LogP contribution in [0.3, 0.4) is 0 Å². The van der Waals surface area contributed by atoms with E-state index in [-0.39, 0.29) is 18.1 Å². The van der Waals surface area contributed by atoms with Gasteiger partial charge in [-0.1, -0.05) is 37.6 Å². The van der Waals surface area contributed by atoms with Crippen LogP contribution < -0.4 is 16.6 Å². The smallest absolute Gasteiger partial charge is 0.332 e. The van der Waals surface area contributed by atoms with E-state index in [0.717, 1.165) is 23.0 Å². The molecular formula is C21H26ClN5O3. The molecule has 0 bridgehead atoms. The van der Waals surface area contributed by atoms with E-state index in [4.69, 9.17) is 11.6 Å². The highest BCUT2D eigenvalue weighted by molar-refractivity contribution is 6.30. The Labute approximate surface area is 179 Å². The van der Waals surface area contributed by atoms with Crippen molar-refractivity contribution in [1.29, 1.82) is 0 Å². The monoisotopic (exact) mass is 431 g/mol. The predicted octanol–water partition coefficient (Wildman–Crippen LogP) is 2.38. The van der Waals surface area contributed by atoms with Gasteiger partial charge in [0.25, 0.3) is 5.56 Å². The molecule has 3 rings (SSSR count). The van der Waals surface area contributed by atoms with E-state index in [9.17, 15) is 14.4 Å². The number of hydrogen-bond acceptors (Lipinski definition) is 4. The second-order valence-corrected chi connectivity index (χ2v) is 8.34. The molecule has 0 unspecified atom stereocenters. The lowest BCUT2D eigenvalue weighted by Crippen LogP contribution is -2.44. The number of rotatable bonds is 7. The lowest BCUT2D eigenvalue weighted by Gasteiger charge is -2.21. The Morgan fingerprint density at radius 2 is 1.80 bits per heavy atom. The third-order valence-corrected chi connectivity index (χ3v) is 5.39. The summed E-state index contributed by atoms with van der Waals surface area (Å²) in [4.78, 5) is 42.4. The number of carbonyl (C=O) groups is 1. The Kier molecular flexibility index (Phi) is 6.45. The van der Waals surface area contributed by atoms with E-state index in [1.165, 1.54) is 17.9 Å². The Bertz CT molecular complexity index is 1170. The minimum absolute atomic E-state index is 0.239. The first-order valence-corrected chi connectivity index (χ1v) is 10.2. The number of nitrogens with one attached hydrogen (secondary N) is 1. The van der Waals surface area contributed by atoms with Crippen molar-refractivity contribution in [2.24, 2.45) is 20.0 Å². The Balaban J connectivity index is 1.88. The number of aromatic nitrogens is 4.